The number of ether oxygens (including phenoxy) is 3. The molecule has 1 N–H and O–H groups in total. The molecule has 0 atom stereocenters. The Labute approximate surface area is 235 Å². The maximum atomic E-state index is 6.26. The fourth-order valence-electron chi connectivity index (χ4n) is 4.90. The van der Waals surface area contributed by atoms with Crippen LogP contribution in [0.25, 0.3) is 0 Å². The van der Waals surface area contributed by atoms with E-state index in [4.69, 9.17) is 37.4 Å². The average molecular weight is 560 g/mol. The van der Waals surface area contributed by atoms with Crippen LogP contribution in [0.3, 0.4) is 0 Å². The quantitative estimate of drug-likeness (QED) is 0.272. The van der Waals surface area contributed by atoms with Crippen LogP contribution in [0.5, 0.6) is 17.2 Å². The van der Waals surface area contributed by atoms with Gasteiger partial charge in [-0.15, -0.1) is 0 Å². The summed E-state index contributed by atoms with van der Waals surface area (Å²) in [6.45, 7) is 7.53. The first-order chi connectivity index (χ1) is 18.4. The van der Waals surface area contributed by atoms with E-state index in [9.17, 15) is 0 Å². The summed E-state index contributed by atoms with van der Waals surface area (Å²) in [5.74, 6) is 2.99. The van der Waals surface area contributed by atoms with Crippen molar-refractivity contribution in [3.63, 3.8) is 0 Å². The van der Waals surface area contributed by atoms with Gasteiger partial charge in [0, 0.05) is 43.9 Å². The molecule has 204 valence electrons. The fourth-order valence-corrected chi connectivity index (χ4v) is 5.21. The molecule has 0 spiro atoms. The second-order valence-electron chi connectivity index (χ2n) is 9.41. The zero-order valence-electron chi connectivity index (χ0n) is 22.5. The Morgan fingerprint density at radius 2 is 1.66 bits per heavy atom. The lowest BCUT2D eigenvalue weighted by Gasteiger charge is -2.33. The zero-order chi connectivity index (χ0) is 27.1. The van der Waals surface area contributed by atoms with Crippen LogP contribution in [0.1, 0.15) is 48.9 Å². The lowest BCUT2D eigenvalue weighted by molar-refractivity contribution is 0.211. The highest BCUT2D eigenvalue weighted by Crippen LogP contribution is 2.33. The second kappa shape index (κ2) is 13.4. The first kappa shape index (κ1) is 28.3. The van der Waals surface area contributed by atoms with Crippen molar-refractivity contribution in [1.82, 2.24) is 14.9 Å². The Kier molecular flexibility index (Phi) is 9.94. The molecule has 4 rings (SSSR count). The number of piperidine rings is 1. The molecule has 1 aromatic heterocycles. The Hall–Kier alpha value is -2.74. The van der Waals surface area contributed by atoms with Crippen LogP contribution < -0.4 is 19.5 Å². The smallest absolute Gasteiger partial charge is 0.224 e. The van der Waals surface area contributed by atoms with Crippen molar-refractivity contribution in [2.75, 3.05) is 39.2 Å². The number of aromatic nitrogens is 2. The van der Waals surface area contributed by atoms with E-state index in [-0.39, 0.29) is 5.28 Å². The Balaban J connectivity index is 1.43. The van der Waals surface area contributed by atoms with Crippen molar-refractivity contribution >= 4 is 29.0 Å². The number of hydrogen-bond donors (Lipinski definition) is 1. The lowest BCUT2D eigenvalue weighted by atomic mass is 9.97. The zero-order valence-corrected chi connectivity index (χ0v) is 24.0. The van der Waals surface area contributed by atoms with Gasteiger partial charge in [-0.25, -0.2) is 9.97 Å². The van der Waals surface area contributed by atoms with Crippen LogP contribution in [0.4, 0.5) is 5.82 Å². The summed E-state index contributed by atoms with van der Waals surface area (Å²) in [4.78, 5) is 11.3. The molecule has 0 unspecified atom stereocenters. The minimum atomic E-state index is 0.240. The number of aryl methyl sites for hydroxylation is 1. The first-order valence-electron chi connectivity index (χ1n) is 13.1. The van der Waals surface area contributed by atoms with E-state index in [2.05, 4.69) is 33.2 Å². The number of methoxy groups -OCH3 is 2. The number of hydrogen-bond acceptors (Lipinski definition) is 7. The van der Waals surface area contributed by atoms with Crippen LogP contribution in [0.2, 0.25) is 10.3 Å². The Morgan fingerprint density at radius 1 is 0.947 bits per heavy atom. The summed E-state index contributed by atoms with van der Waals surface area (Å²) in [7, 11) is 3.31. The maximum absolute atomic E-state index is 6.26. The van der Waals surface area contributed by atoms with E-state index >= 15 is 0 Å². The van der Waals surface area contributed by atoms with Gasteiger partial charge < -0.3 is 19.5 Å². The lowest BCUT2D eigenvalue weighted by Crippen LogP contribution is -2.39. The number of halogens is 2. The topological polar surface area (TPSA) is 68.7 Å². The molecule has 2 heterocycles. The minimum absolute atomic E-state index is 0.240. The molecule has 0 aliphatic carbocycles. The molecule has 2 aromatic carbocycles. The Bertz CT molecular complexity index is 1230. The fraction of sp³-hybridized carbons (Fsp3) is 0.448. The third-order valence-corrected chi connectivity index (χ3v) is 7.43. The highest BCUT2D eigenvalue weighted by molar-refractivity contribution is 6.32. The van der Waals surface area contributed by atoms with E-state index in [0.717, 1.165) is 67.3 Å². The molecule has 9 heteroatoms. The number of benzene rings is 2. The van der Waals surface area contributed by atoms with Gasteiger partial charge in [0.25, 0.3) is 0 Å². The second-order valence-corrected chi connectivity index (χ2v) is 10.2. The largest absolute Gasteiger partial charge is 0.493 e. The highest BCUT2D eigenvalue weighted by Gasteiger charge is 2.22. The SMILES string of the molecule is CCOc1cc(CN2CCC(Nc3nc(Cl)ncc3Cc3cc(OC)c(OC)cc3CC)CC2)ccc1Cl. The van der Waals surface area contributed by atoms with Crippen LogP contribution in [-0.2, 0) is 19.4 Å². The standard InChI is InChI=1S/C29H36Cl2N4O3/c1-5-20-15-26(36-3)27(37-4)16-21(20)14-22-17-32-29(31)34-28(22)33-23-9-11-35(12-10-23)18-19-7-8-24(30)25(13-19)38-6-2/h7-8,13,15-17,23H,5-6,9-12,14,18H2,1-4H3,(H,32,33,34). The molecule has 0 saturated carbocycles. The molecule has 0 amide bonds. The van der Waals surface area contributed by atoms with Gasteiger partial charge in [0.05, 0.1) is 25.8 Å². The van der Waals surface area contributed by atoms with Crippen LogP contribution in [0, 0.1) is 0 Å². The summed E-state index contributed by atoms with van der Waals surface area (Å²) < 4.78 is 16.7. The predicted octanol–water partition coefficient (Wildman–Crippen LogP) is 6.43. The molecular formula is C29H36Cl2N4O3. The van der Waals surface area contributed by atoms with E-state index in [1.54, 1.807) is 14.2 Å². The number of nitrogens with one attached hydrogen (secondary N) is 1. The molecule has 0 radical (unpaired) electrons. The minimum Gasteiger partial charge on any atom is -0.493 e. The molecular weight excluding hydrogens is 523 g/mol. The van der Waals surface area contributed by atoms with Gasteiger partial charge in [0.2, 0.25) is 5.28 Å². The third-order valence-electron chi connectivity index (χ3n) is 6.93. The van der Waals surface area contributed by atoms with Crippen molar-refractivity contribution in [3.05, 3.63) is 69.1 Å². The van der Waals surface area contributed by atoms with Gasteiger partial charge >= 0.3 is 0 Å². The van der Waals surface area contributed by atoms with E-state index in [1.165, 1.54) is 11.1 Å². The summed E-state index contributed by atoms with van der Waals surface area (Å²) >= 11 is 12.5. The van der Waals surface area contributed by atoms with Gasteiger partial charge in [-0.05, 0) is 78.7 Å². The van der Waals surface area contributed by atoms with Crippen molar-refractivity contribution in [2.24, 2.45) is 0 Å². The van der Waals surface area contributed by atoms with Crippen LogP contribution in [-0.4, -0.2) is 54.8 Å². The van der Waals surface area contributed by atoms with Gasteiger partial charge in [-0.1, -0.05) is 24.6 Å². The molecule has 1 aliphatic heterocycles. The number of anilines is 1. The number of rotatable bonds is 11. The highest BCUT2D eigenvalue weighted by atomic mass is 35.5. The van der Waals surface area contributed by atoms with E-state index in [1.807, 2.05) is 37.4 Å². The Morgan fingerprint density at radius 3 is 2.32 bits per heavy atom. The van der Waals surface area contributed by atoms with Gasteiger partial charge in [-0.2, -0.15) is 0 Å². The molecule has 7 nitrogen and oxygen atoms in total. The third kappa shape index (κ3) is 7.01. The van der Waals surface area contributed by atoms with Crippen molar-refractivity contribution < 1.29 is 14.2 Å². The van der Waals surface area contributed by atoms with Gasteiger partial charge in [0.1, 0.15) is 11.6 Å². The summed E-state index contributed by atoms with van der Waals surface area (Å²) in [6.07, 6.45) is 5.37. The molecule has 3 aromatic rings. The summed E-state index contributed by atoms with van der Waals surface area (Å²) in [5, 5.41) is 4.55. The molecule has 1 aliphatic rings. The predicted molar refractivity (Wildman–Crippen MR) is 153 cm³/mol. The normalized spacial score (nSPS) is 14.4. The summed E-state index contributed by atoms with van der Waals surface area (Å²) in [6, 6.07) is 10.4. The van der Waals surface area contributed by atoms with Crippen molar-refractivity contribution in [1.29, 1.82) is 0 Å². The van der Waals surface area contributed by atoms with E-state index in [0.29, 0.717) is 29.8 Å². The average Bonchev–Trinajstić information content (AvgIpc) is 2.93. The molecule has 38 heavy (non-hydrogen) atoms. The number of nitrogens with zero attached hydrogens (tertiary/aromatic N) is 3. The first-order valence-corrected chi connectivity index (χ1v) is 13.8. The van der Waals surface area contributed by atoms with Gasteiger partial charge in [0.15, 0.2) is 11.5 Å². The molecule has 0 bridgehead atoms. The van der Waals surface area contributed by atoms with Crippen LogP contribution in [0.15, 0.2) is 36.5 Å². The van der Waals surface area contributed by atoms with Crippen molar-refractivity contribution in [2.45, 2.75) is 52.1 Å². The maximum Gasteiger partial charge on any atom is 0.224 e. The molecule has 1 saturated heterocycles. The van der Waals surface area contributed by atoms with Crippen LogP contribution >= 0.6 is 23.2 Å². The number of likely N-dealkylation sites (tertiary alicyclic amines) is 1. The van der Waals surface area contributed by atoms with Crippen molar-refractivity contribution in [3.8, 4) is 17.2 Å². The summed E-state index contributed by atoms with van der Waals surface area (Å²) in [5.41, 5.74) is 4.56. The van der Waals surface area contributed by atoms with Gasteiger partial charge in [-0.3, -0.25) is 4.90 Å². The monoisotopic (exact) mass is 558 g/mol. The van der Waals surface area contributed by atoms with E-state index < -0.39 is 0 Å². The molecule has 1 fully saturated rings.